The van der Waals surface area contributed by atoms with E-state index in [0.29, 0.717) is 12.6 Å². The van der Waals surface area contributed by atoms with Crippen molar-refractivity contribution in [3.05, 3.63) is 29.3 Å². The number of benzene rings is 1. The van der Waals surface area contributed by atoms with E-state index in [0.717, 1.165) is 30.0 Å². The molecule has 1 aromatic rings. The Hall–Kier alpha value is -1.10. The normalized spacial score (nSPS) is 21.5. The number of nitrogens with zero attached hydrogens (tertiary/aromatic N) is 2. The summed E-state index contributed by atoms with van der Waals surface area (Å²) in [6.45, 7) is 4.80. The minimum Gasteiger partial charge on any atom is -0.496 e. The number of hydrogen-bond donors (Lipinski definition) is 1. The summed E-state index contributed by atoms with van der Waals surface area (Å²) in [5.41, 5.74) is 2.04. The third-order valence-electron chi connectivity index (χ3n) is 4.39. The Morgan fingerprint density at radius 2 is 2.19 bits per heavy atom. The van der Waals surface area contributed by atoms with Crippen LogP contribution < -0.4 is 4.74 Å². The maximum atomic E-state index is 10.6. The first-order chi connectivity index (χ1) is 10.0. The zero-order valence-electron chi connectivity index (χ0n) is 13.7. The summed E-state index contributed by atoms with van der Waals surface area (Å²) in [5.74, 6) is 0.772. The van der Waals surface area contributed by atoms with Gasteiger partial charge in [0.15, 0.2) is 0 Å². The molecule has 0 amide bonds. The van der Waals surface area contributed by atoms with Gasteiger partial charge in [0.2, 0.25) is 0 Å². The van der Waals surface area contributed by atoms with Gasteiger partial charge in [-0.15, -0.1) is 0 Å². The maximum Gasteiger partial charge on any atom is 0.124 e. The fraction of sp³-hybridized carbons (Fsp3) is 0.647. The van der Waals surface area contributed by atoms with Gasteiger partial charge in [-0.3, -0.25) is 4.90 Å². The summed E-state index contributed by atoms with van der Waals surface area (Å²) in [6.07, 6.45) is 1.94. The van der Waals surface area contributed by atoms with Crippen LogP contribution in [0.25, 0.3) is 0 Å². The second-order valence-corrected chi connectivity index (χ2v) is 6.28. The molecule has 0 radical (unpaired) electrons. The lowest BCUT2D eigenvalue weighted by molar-refractivity contribution is 0.0709. The highest BCUT2D eigenvalue weighted by Gasteiger charge is 2.24. The summed E-state index contributed by atoms with van der Waals surface area (Å²) in [7, 11) is 5.92. The summed E-state index contributed by atoms with van der Waals surface area (Å²) < 4.78 is 5.38. The molecule has 4 nitrogen and oxygen atoms in total. The number of likely N-dealkylation sites (N-methyl/N-ethyl adjacent to an activating group) is 1. The van der Waals surface area contributed by atoms with E-state index >= 15 is 0 Å². The molecule has 1 fully saturated rings. The molecule has 1 N–H and O–H groups in total. The quantitative estimate of drug-likeness (QED) is 0.901. The molecule has 2 unspecified atom stereocenters. The molecule has 1 aliphatic heterocycles. The molecule has 0 bridgehead atoms. The predicted octanol–water partition coefficient (Wildman–Crippen LogP) is 2.06. The molecule has 1 aliphatic rings. The van der Waals surface area contributed by atoms with E-state index in [2.05, 4.69) is 23.9 Å². The molecule has 0 saturated carbocycles. The Kier molecular flexibility index (Phi) is 5.62. The SMILES string of the molecule is COc1ccc(C)cc1C(O)CN1CCCC(N(C)C)C1. The molecule has 1 heterocycles. The smallest absolute Gasteiger partial charge is 0.124 e. The number of hydrogen-bond acceptors (Lipinski definition) is 4. The average molecular weight is 292 g/mol. The second kappa shape index (κ2) is 7.25. The molecule has 2 rings (SSSR count). The number of aryl methyl sites for hydroxylation is 1. The number of β-amino-alcohol motifs (C(OH)–C–C–N with tert-alkyl or cyclic N) is 1. The van der Waals surface area contributed by atoms with Gasteiger partial charge in [0.1, 0.15) is 5.75 Å². The second-order valence-electron chi connectivity index (χ2n) is 6.28. The summed E-state index contributed by atoms with van der Waals surface area (Å²) in [5, 5.41) is 10.6. The van der Waals surface area contributed by atoms with Gasteiger partial charge in [0, 0.05) is 24.7 Å². The lowest BCUT2D eigenvalue weighted by Gasteiger charge is -2.37. The Morgan fingerprint density at radius 3 is 2.86 bits per heavy atom. The fourth-order valence-electron chi connectivity index (χ4n) is 3.08. The molecule has 4 heteroatoms. The van der Waals surface area contributed by atoms with Crippen molar-refractivity contribution >= 4 is 0 Å². The molecular formula is C17H28N2O2. The van der Waals surface area contributed by atoms with Crippen molar-refractivity contribution in [3.63, 3.8) is 0 Å². The first-order valence-electron chi connectivity index (χ1n) is 7.72. The van der Waals surface area contributed by atoms with Gasteiger partial charge in [-0.05, 0) is 52.5 Å². The Bertz CT molecular complexity index is 462. The Morgan fingerprint density at radius 1 is 1.43 bits per heavy atom. The predicted molar refractivity (Wildman–Crippen MR) is 85.8 cm³/mol. The minimum atomic E-state index is -0.499. The Labute approximate surface area is 128 Å². The van der Waals surface area contributed by atoms with E-state index in [-0.39, 0.29) is 0 Å². The van der Waals surface area contributed by atoms with Crippen LogP contribution in [0, 0.1) is 6.92 Å². The van der Waals surface area contributed by atoms with Gasteiger partial charge in [-0.1, -0.05) is 11.6 Å². The van der Waals surface area contributed by atoms with Crippen molar-refractivity contribution in [1.29, 1.82) is 0 Å². The van der Waals surface area contributed by atoms with Crippen LogP contribution in [0.2, 0.25) is 0 Å². The number of piperidine rings is 1. The lowest BCUT2D eigenvalue weighted by atomic mass is 10.0. The fourth-order valence-corrected chi connectivity index (χ4v) is 3.08. The van der Waals surface area contributed by atoms with E-state index in [1.54, 1.807) is 7.11 Å². The summed E-state index contributed by atoms with van der Waals surface area (Å²) in [4.78, 5) is 4.65. The van der Waals surface area contributed by atoms with Crippen LogP contribution in [-0.4, -0.2) is 61.8 Å². The maximum absolute atomic E-state index is 10.6. The van der Waals surface area contributed by atoms with Crippen LogP contribution in [0.4, 0.5) is 0 Å². The number of ether oxygens (including phenoxy) is 1. The summed E-state index contributed by atoms with van der Waals surface area (Å²) in [6, 6.07) is 6.56. The molecule has 1 saturated heterocycles. The highest BCUT2D eigenvalue weighted by molar-refractivity contribution is 5.38. The topological polar surface area (TPSA) is 35.9 Å². The van der Waals surface area contributed by atoms with Crippen LogP contribution in [0.3, 0.4) is 0 Å². The van der Waals surface area contributed by atoms with Gasteiger partial charge in [0.25, 0.3) is 0 Å². The van der Waals surface area contributed by atoms with Crippen molar-refractivity contribution in [1.82, 2.24) is 9.80 Å². The molecule has 1 aromatic carbocycles. The van der Waals surface area contributed by atoms with Gasteiger partial charge in [-0.2, -0.15) is 0 Å². The molecule has 2 atom stereocenters. The molecular weight excluding hydrogens is 264 g/mol. The van der Waals surface area contributed by atoms with Gasteiger partial charge >= 0.3 is 0 Å². The van der Waals surface area contributed by atoms with Crippen molar-refractivity contribution < 1.29 is 9.84 Å². The number of methoxy groups -OCH3 is 1. The van der Waals surface area contributed by atoms with E-state index in [1.165, 1.54) is 12.8 Å². The van der Waals surface area contributed by atoms with Crippen molar-refractivity contribution in [3.8, 4) is 5.75 Å². The average Bonchev–Trinajstić information content (AvgIpc) is 2.47. The zero-order valence-corrected chi connectivity index (χ0v) is 13.7. The van der Waals surface area contributed by atoms with Crippen LogP contribution in [-0.2, 0) is 0 Å². The number of aliphatic hydroxyl groups is 1. The van der Waals surface area contributed by atoms with Crippen LogP contribution in [0.15, 0.2) is 18.2 Å². The number of aliphatic hydroxyl groups excluding tert-OH is 1. The molecule has 0 aliphatic carbocycles. The van der Waals surface area contributed by atoms with Gasteiger partial charge in [-0.25, -0.2) is 0 Å². The summed E-state index contributed by atoms with van der Waals surface area (Å²) >= 11 is 0. The largest absolute Gasteiger partial charge is 0.496 e. The standard InChI is InChI=1S/C17H28N2O2/c1-13-7-8-17(21-4)15(10-13)16(20)12-19-9-5-6-14(11-19)18(2)3/h7-8,10,14,16,20H,5-6,9,11-12H2,1-4H3. The monoisotopic (exact) mass is 292 g/mol. The van der Waals surface area contributed by atoms with E-state index < -0.39 is 6.10 Å². The lowest BCUT2D eigenvalue weighted by Crippen LogP contribution is -2.46. The van der Waals surface area contributed by atoms with Crippen molar-refractivity contribution in [2.24, 2.45) is 0 Å². The third-order valence-corrected chi connectivity index (χ3v) is 4.39. The van der Waals surface area contributed by atoms with Crippen LogP contribution in [0.1, 0.15) is 30.1 Å². The van der Waals surface area contributed by atoms with Crippen LogP contribution >= 0.6 is 0 Å². The van der Waals surface area contributed by atoms with E-state index in [4.69, 9.17) is 4.74 Å². The molecule has 118 valence electrons. The highest BCUT2D eigenvalue weighted by Crippen LogP contribution is 2.27. The minimum absolute atomic E-state index is 0.499. The van der Waals surface area contributed by atoms with Crippen molar-refractivity contribution in [2.75, 3.05) is 40.8 Å². The molecule has 21 heavy (non-hydrogen) atoms. The van der Waals surface area contributed by atoms with Crippen molar-refractivity contribution in [2.45, 2.75) is 31.9 Å². The number of likely N-dealkylation sites (tertiary alicyclic amines) is 1. The molecule has 0 spiro atoms. The van der Waals surface area contributed by atoms with Gasteiger partial charge < -0.3 is 14.7 Å². The molecule has 0 aromatic heterocycles. The van der Waals surface area contributed by atoms with E-state index in [9.17, 15) is 5.11 Å². The Balaban J connectivity index is 2.04. The van der Waals surface area contributed by atoms with Gasteiger partial charge in [0.05, 0.1) is 13.2 Å². The number of rotatable bonds is 5. The first-order valence-corrected chi connectivity index (χ1v) is 7.72. The third kappa shape index (κ3) is 4.19. The highest BCUT2D eigenvalue weighted by atomic mass is 16.5. The zero-order chi connectivity index (χ0) is 15.4. The first kappa shape index (κ1) is 16.3. The van der Waals surface area contributed by atoms with E-state index in [1.807, 2.05) is 25.1 Å². The van der Waals surface area contributed by atoms with Crippen LogP contribution in [0.5, 0.6) is 5.75 Å².